The molecule has 1 aromatic rings. The van der Waals surface area contributed by atoms with E-state index < -0.39 is 5.97 Å². The van der Waals surface area contributed by atoms with Gasteiger partial charge in [0.2, 0.25) is 0 Å². The number of hydrogen-bond donors (Lipinski definition) is 1. The molecule has 5 nitrogen and oxygen atoms in total. The van der Waals surface area contributed by atoms with Gasteiger partial charge in [-0.1, -0.05) is 12.8 Å². The molecule has 1 aromatic heterocycles. The van der Waals surface area contributed by atoms with Gasteiger partial charge in [-0.3, -0.25) is 0 Å². The zero-order valence-electron chi connectivity index (χ0n) is 12.3. The Kier molecular flexibility index (Phi) is 5.35. The van der Waals surface area contributed by atoms with Crippen molar-refractivity contribution in [2.45, 2.75) is 31.7 Å². The Labute approximate surface area is 120 Å². The first kappa shape index (κ1) is 14.8. The van der Waals surface area contributed by atoms with Crippen molar-refractivity contribution < 1.29 is 9.53 Å². The fourth-order valence-corrected chi connectivity index (χ4v) is 2.66. The molecule has 2 rings (SSSR count). The molecule has 0 radical (unpaired) electrons. The Morgan fingerprint density at radius 2 is 2.25 bits per heavy atom. The van der Waals surface area contributed by atoms with Crippen LogP contribution >= 0.6 is 0 Å². The van der Waals surface area contributed by atoms with Crippen LogP contribution in [0.5, 0.6) is 0 Å². The molecule has 1 heterocycles. The molecular weight excluding hydrogens is 254 g/mol. The number of pyridine rings is 1. The van der Waals surface area contributed by atoms with Crippen LogP contribution in [0.3, 0.4) is 0 Å². The Morgan fingerprint density at radius 1 is 1.50 bits per heavy atom. The van der Waals surface area contributed by atoms with Crippen LogP contribution in [0.4, 0.5) is 5.69 Å². The highest BCUT2D eigenvalue weighted by Gasteiger charge is 2.18. The number of carbonyl (C=O) groups excluding carboxylic acids is 1. The molecule has 0 atom stereocenters. The van der Waals surface area contributed by atoms with Crippen molar-refractivity contribution in [2.75, 3.05) is 32.6 Å². The molecule has 0 aromatic carbocycles. The molecule has 1 aliphatic rings. The van der Waals surface area contributed by atoms with Crippen LogP contribution in [-0.2, 0) is 4.74 Å². The maximum atomic E-state index is 11.4. The molecule has 1 aliphatic carbocycles. The van der Waals surface area contributed by atoms with E-state index in [1.165, 1.54) is 32.8 Å². The second-order valence-electron chi connectivity index (χ2n) is 5.27. The highest BCUT2D eigenvalue weighted by molar-refractivity contribution is 5.88. The largest absolute Gasteiger partial charge is 0.464 e. The Morgan fingerprint density at radius 3 is 2.95 bits per heavy atom. The van der Waals surface area contributed by atoms with Gasteiger partial charge in [0.05, 0.1) is 7.11 Å². The smallest absolute Gasteiger partial charge is 0.356 e. The number of likely N-dealkylation sites (N-methyl/N-ethyl adjacent to an activating group) is 1. The monoisotopic (exact) mass is 277 g/mol. The van der Waals surface area contributed by atoms with Crippen molar-refractivity contribution in [3.05, 3.63) is 24.0 Å². The van der Waals surface area contributed by atoms with Crippen LogP contribution in [0.1, 0.15) is 36.2 Å². The van der Waals surface area contributed by atoms with Crippen molar-refractivity contribution in [1.29, 1.82) is 0 Å². The van der Waals surface area contributed by atoms with Crippen LogP contribution in [0.2, 0.25) is 0 Å². The molecule has 1 saturated carbocycles. The van der Waals surface area contributed by atoms with E-state index in [0.29, 0.717) is 5.69 Å². The highest BCUT2D eigenvalue weighted by atomic mass is 16.5. The van der Waals surface area contributed by atoms with Crippen LogP contribution < -0.4 is 5.32 Å². The van der Waals surface area contributed by atoms with Crippen molar-refractivity contribution in [1.82, 2.24) is 9.88 Å². The molecule has 110 valence electrons. The lowest BCUT2D eigenvalue weighted by Crippen LogP contribution is -2.33. The van der Waals surface area contributed by atoms with Gasteiger partial charge in [-0.05, 0) is 32.0 Å². The third-order valence-electron chi connectivity index (χ3n) is 3.90. The zero-order chi connectivity index (χ0) is 14.4. The minimum Gasteiger partial charge on any atom is -0.464 e. The third-order valence-corrected chi connectivity index (χ3v) is 3.90. The summed E-state index contributed by atoms with van der Waals surface area (Å²) in [5.74, 6) is -0.406. The standard InChI is InChI=1S/C15H23N3O2/c1-18(13-5-3-4-6-13)10-9-16-12-7-8-17-14(11-12)15(19)20-2/h7-8,11,13H,3-6,9-10H2,1-2H3,(H,16,17). The van der Waals surface area contributed by atoms with Gasteiger partial charge < -0.3 is 15.0 Å². The third kappa shape index (κ3) is 3.93. The first-order valence-electron chi connectivity index (χ1n) is 7.19. The van der Waals surface area contributed by atoms with Gasteiger partial charge in [-0.15, -0.1) is 0 Å². The topological polar surface area (TPSA) is 54.5 Å². The molecule has 0 unspecified atom stereocenters. The minimum atomic E-state index is -0.406. The Bertz CT molecular complexity index is 444. The Hall–Kier alpha value is -1.62. The van der Waals surface area contributed by atoms with Gasteiger partial charge in [0.1, 0.15) is 5.69 Å². The predicted molar refractivity (Wildman–Crippen MR) is 79.0 cm³/mol. The fraction of sp³-hybridized carbons (Fsp3) is 0.600. The summed E-state index contributed by atoms with van der Waals surface area (Å²) in [6.45, 7) is 1.86. The summed E-state index contributed by atoms with van der Waals surface area (Å²) in [6, 6.07) is 4.32. The molecule has 0 saturated heterocycles. The fourth-order valence-electron chi connectivity index (χ4n) is 2.66. The van der Waals surface area contributed by atoms with Gasteiger partial charge in [-0.2, -0.15) is 0 Å². The van der Waals surface area contributed by atoms with Crippen molar-refractivity contribution in [2.24, 2.45) is 0 Å². The lowest BCUT2D eigenvalue weighted by molar-refractivity contribution is 0.0594. The second kappa shape index (κ2) is 7.24. The van der Waals surface area contributed by atoms with E-state index in [4.69, 9.17) is 0 Å². The lowest BCUT2D eigenvalue weighted by Gasteiger charge is -2.24. The van der Waals surface area contributed by atoms with Crippen LogP contribution in [0.15, 0.2) is 18.3 Å². The molecule has 0 spiro atoms. The van der Waals surface area contributed by atoms with Crippen LogP contribution in [-0.4, -0.2) is 49.1 Å². The summed E-state index contributed by atoms with van der Waals surface area (Å²) in [4.78, 5) is 17.8. The van der Waals surface area contributed by atoms with Gasteiger partial charge in [0.15, 0.2) is 0 Å². The summed E-state index contributed by atoms with van der Waals surface area (Å²) < 4.78 is 4.66. The number of nitrogens with zero attached hydrogens (tertiary/aromatic N) is 2. The summed E-state index contributed by atoms with van der Waals surface area (Å²) in [5.41, 5.74) is 1.24. The maximum Gasteiger partial charge on any atom is 0.356 e. The van der Waals surface area contributed by atoms with Crippen LogP contribution in [0, 0.1) is 0 Å². The highest BCUT2D eigenvalue weighted by Crippen LogP contribution is 2.22. The van der Waals surface area contributed by atoms with E-state index in [1.54, 1.807) is 12.3 Å². The second-order valence-corrected chi connectivity index (χ2v) is 5.27. The number of nitrogens with one attached hydrogen (secondary N) is 1. The van der Waals surface area contributed by atoms with Crippen molar-refractivity contribution in [3.8, 4) is 0 Å². The first-order valence-corrected chi connectivity index (χ1v) is 7.19. The van der Waals surface area contributed by atoms with E-state index in [-0.39, 0.29) is 0 Å². The molecule has 0 bridgehead atoms. The van der Waals surface area contributed by atoms with Gasteiger partial charge >= 0.3 is 5.97 Å². The quantitative estimate of drug-likeness (QED) is 0.808. The van der Waals surface area contributed by atoms with Gasteiger partial charge in [-0.25, -0.2) is 9.78 Å². The van der Waals surface area contributed by atoms with Gasteiger partial charge in [0.25, 0.3) is 0 Å². The van der Waals surface area contributed by atoms with Gasteiger partial charge in [0, 0.05) is 31.0 Å². The average molecular weight is 277 g/mol. The molecule has 1 N–H and O–H groups in total. The summed E-state index contributed by atoms with van der Waals surface area (Å²) >= 11 is 0. The minimum absolute atomic E-state index is 0.335. The van der Waals surface area contributed by atoms with Crippen LogP contribution in [0.25, 0.3) is 0 Å². The maximum absolute atomic E-state index is 11.4. The molecule has 1 fully saturated rings. The SMILES string of the molecule is COC(=O)c1cc(NCCN(C)C2CCCC2)ccn1. The number of ether oxygens (including phenoxy) is 1. The van der Waals surface area contributed by atoms with E-state index in [9.17, 15) is 4.79 Å². The molecule has 0 aliphatic heterocycles. The lowest BCUT2D eigenvalue weighted by atomic mass is 10.2. The number of rotatable bonds is 6. The number of esters is 1. The number of anilines is 1. The van der Waals surface area contributed by atoms with E-state index in [1.807, 2.05) is 6.07 Å². The predicted octanol–water partition coefficient (Wildman–Crippen LogP) is 2.15. The molecule has 0 amide bonds. The molecule has 20 heavy (non-hydrogen) atoms. The molecular formula is C15H23N3O2. The van der Waals surface area contributed by atoms with Crippen molar-refractivity contribution in [3.63, 3.8) is 0 Å². The summed E-state index contributed by atoms with van der Waals surface area (Å²) in [6.07, 6.45) is 6.97. The normalized spacial score (nSPS) is 15.6. The number of hydrogen-bond acceptors (Lipinski definition) is 5. The first-order chi connectivity index (χ1) is 9.70. The zero-order valence-corrected chi connectivity index (χ0v) is 12.3. The van der Waals surface area contributed by atoms with Crippen molar-refractivity contribution >= 4 is 11.7 Å². The van der Waals surface area contributed by atoms with E-state index in [0.717, 1.165) is 24.8 Å². The average Bonchev–Trinajstić information content (AvgIpc) is 3.01. The number of methoxy groups -OCH3 is 1. The molecule has 5 heteroatoms. The number of carbonyl (C=O) groups is 1. The number of aromatic nitrogens is 1. The summed E-state index contributed by atoms with van der Waals surface area (Å²) in [7, 11) is 3.55. The summed E-state index contributed by atoms with van der Waals surface area (Å²) in [5, 5.41) is 3.33. The van der Waals surface area contributed by atoms with E-state index >= 15 is 0 Å². The Balaban J connectivity index is 1.80. The van der Waals surface area contributed by atoms with E-state index in [2.05, 4.69) is 27.0 Å².